The third kappa shape index (κ3) is 4.78. The molecule has 6 nitrogen and oxygen atoms in total. The first-order valence-corrected chi connectivity index (χ1v) is 11.6. The maximum atomic E-state index is 12.8. The van der Waals surface area contributed by atoms with E-state index in [1.807, 2.05) is 25.1 Å². The Kier molecular flexibility index (Phi) is 5.64. The summed E-state index contributed by atoms with van der Waals surface area (Å²) in [5, 5.41) is 3.22. The summed E-state index contributed by atoms with van der Waals surface area (Å²) in [7, 11) is -3.75. The highest BCUT2D eigenvalue weighted by atomic mass is 79.9. The van der Waals surface area contributed by atoms with E-state index in [2.05, 4.69) is 31.0 Å². The third-order valence-corrected chi connectivity index (χ3v) is 7.08. The first-order valence-electron chi connectivity index (χ1n) is 8.47. The highest BCUT2D eigenvalue weighted by Crippen LogP contribution is 2.28. The van der Waals surface area contributed by atoms with E-state index in [0.29, 0.717) is 9.60 Å². The molecule has 3 rings (SSSR count). The number of aromatic nitrogens is 1. The number of nitrogens with one attached hydrogen (secondary N) is 2. The number of hydrogen-bond donors (Lipinski definition) is 2. The van der Waals surface area contributed by atoms with Gasteiger partial charge < -0.3 is 0 Å². The average molecular weight is 482 g/mol. The van der Waals surface area contributed by atoms with E-state index in [1.165, 1.54) is 23.5 Å². The summed E-state index contributed by atoms with van der Waals surface area (Å²) in [6.45, 7) is 7.26. The largest absolute Gasteiger partial charge is 0.298 e. The van der Waals surface area contributed by atoms with Gasteiger partial charge in [-0.15, -0.1) is 0 Å². The maximum Gasteiger partial charge on any atom is 0.258 e. The second-order valence-electron chi connectivity index (χ2n) is 7.44. The molecule has 1 aromatic heterocycles. The number of amides is 1. The lowest BCUT2D eigenvalue weighted by Crippen LogP contribution is -2.40. The van der Waals surface area contributed by atoms with E-state index in [4.69, 9.17) is 0 Å². The molecule has 2 N–H and O–H groups in total. The van der Waals surface area contributed by atoms with Crippen LogP contribution in [-0.4, -0.2) is 24.8 Å². The van der Waals surface area contributed by atoms with E-state index in [9.17, 15) is 13.2 Å². The van der Waals surface area contributed by atoms with Crippen molar-refractivity contribution in [3.05, 3.63) is 52.0 Å². The van der Waals surface area contributed by atoms with Crippen LogP contribution in [0.25, 0.3) is 10.2 Å². The third-order valence-electron chi connectivity index (χ3n) is 3.70. The first-order chi connectivity index (χ1) is 12.9. The Balaban J connectivity index is 1.90. The van der Waals surface area contributed by atoms with Crippen molar-refractivity contribution >= 4 is 58.5 Å². The zero-order chi connectivity index (χ0) is 20.7. The van der Waals surface area contributed by atoms with Crippen molar-refractivity contribution in [2.75, 3.05) is 5.32 Å². The number of thiazole rings is 1. The van der Waals surface area contributed by atoms with E-state index in [0.717, 1.165) is 15.8 Å². The van der Waals surface area contributed by atoms with Crippen LogP contribution in [-0.2, 0) is 10.0 Å². The molecule has 3 aromatic rings. The van der Waals surface area contributed by atoms with Gasteiger partial charge in [0.1, 0.15) is 0 Å². The molecule has 0 fully saturated rings. The predicted molar refractivity (Wildman–Crippen MR) is 117 cm³/mol. The summed E-state index contributed by atoms with van der Waals surface area (Å²) in [5.74, 6) is -0.435. The van der Waals surface area contributed by atoms with Crippen molar-refractivity contribution in [2.24, 2.45) is 0 Å². The Morgan fingerprint density at radius 1 is 1.14 bits per heavy atom. The van der Waals surface area contributed by atoms with Gasteiger partial charge in [0.15, 0.2) is 5.13 Å². The summed E-state index contributed by atoms with van der Waals surface area (Å²) in [6, 6.07) is 10.2. The number of aryl methyl sites for hydroxylation is 1. The van der Waals surface area contributed by atoms with Crippen LogP contribution in [0.1, 0.15) is 36.7 Å². The Morgan fingerprint density at radius 2 is 1.86 bits per heavy atom. The number of carbonyl (C=O) groups excluding carboxylic acids is 1. The summed E-state index contributed by atoms with van der Waals surface area (Å²) in [4.78, 5) is 17.2. The summed E-state index contributed by atoms with van der Waals surface area (Å²) < 4.78 is 29.2. The zero-order valence-corrected chi connectivity index (χ0v) is 19.0. The number of halogens is 1. The minimum Gasteiger partial charge on any atom is -0.298 e. The summed E-state index contributed by atoms with van der Waals surface area (Å²) in [5.41, 5.74) is 1.50. The van der Waals surface area contributed by atoms with Gasteiger partial charge in [-0.05, 0) is 79.5 Å². The highest BCUT2D eigenvalue weighted by Gasteiger charge is 2.24. The SMILES string of the molecule is Cc1ccc2nc(NC(=O)c3cc(S(=O)(=O)NC(C)(C)C)ccc3Br)sc2c1. The molecule has 0 saturated heterocycles. The van der Waals surface area contributed by atoms with Crippen molar-refractivity contribution in [1.82, 2.24) is 9.71 Å². The van der Waals surface area contributed by atoms with E-state index < -0.39 is 21.5 Å². The predicted octanol–water partition coefficient (Wildman–Crippen LogP) is 4.70. The fourth-order valence-corrected chi connectivity index (χ4v) is 5.39. The van der Waals surface area contributed by atoms with E-state index in [-0.39, 0.29) is 10.5 Å². The van der Waals surface area contributed by atoms with Crippen LogP contribution >= 0.6 is 27.3 Å². The fraction of sp³-hybridized carbons (Fsp3) is 0.263. The molecule has 9 heteroatoms. The maximum absolute atomic E-state index is 12.8. The smallest absolute Gasteiger partial charge is 0.258 e. The molecule has 0 aliphatic rings. The molecule has 0 atom stereocenters. The van der Waals surface area contributed by atoms with Gasteiger partial charge in [0.2, 0.25) is 10.0 Å². The Bertz CT molecular complexity index is 1160. The molecule has 1 heterocycles. The Morgan fingerprint density at radius 3 is 2.54 bits per heavy atom. The van der Waals surface area contributed by atoms with E-state index >= 15 is 0 Å². The van der Waals surface area contributed by atoms with Gasteiger partial charge in [-0.2, -0.15) is 0 Å². The molecular formula is C19H20BrN3O3S2. The van der Waals surface area contributed by atoms with Crippen LogP contribution in [0.2, 0.25) is 0 Å². The molecule has 0 aliphatic heterocycles. The Hall–Kier alpha value is -1.81. The van der Waals surface area contributed by atoms with Gasteiger partial charge in [-0.25, -0.2) is 18.1 Å². The molecule has 148 valence electrons. The fourth-order valence-electron chi connectivity index (χ4n) is 2.56. The number of sulfonamides is 1. The second-order valence-corrected chi connectivity index (χ2v) is 11.0. The normalized spacial score (nSPS) is 12.3. The van der Waals surface area contributed by atoms with Crippen molar-refractivity contribution < 1.29 is 13.2 Å². The number of carbonyl (C=O) groups is 1. The van der Waals surface area contributed by atoms with Crippen LogP contribution in [0.5, 0.6) is 0 Å². The molecule has 0 unspecified atom stereocenters. The topological polar surface area (TPSA) is 88.2 Å². The van der Waals surface area contributed by atoms with Gasteiger partial charge in [0.05, 0.1) is 20.7 Å². The van der Waals surface area contributed by atoms with Crippen LogP contribution in [0.3, 0.4) is 0 Å². The quantitative estimate of drug-likeness (QED) is 0.565. The average Bonchev–Trinajstić information content (AvgIpc) is 2.93. The number of fused-ring (bicyclic) bond motifs is 1. The van der Waals surface area contributed by atoms with Crippen molar-refractivity contribution in [3.8, 4) is 0 Å². The molecule has 1 amide bonds. The molecular weight excluding hydrogens is 462 g/mol. The zero-order valence-electron chi connectivity index (χ0n) is 15.8. The molecule has 28 heavy (non-hydrogen) atoms. The van der Waals surface area contributed by atoms with Crippen molar-refractivity contribution in [1.29, 1.82) is 0 Å². The van der Waals surface area contributed by atoms with Gasteiger partial charge in [-0.3, -0.25) is 10.1 Å². The lowest BCUT2D eigenvalue weighted by atomic mass is 10.1. The molecule has 0 saturated carbocycles. The summed E-state index contributed by atoms with van der Waals surface area (Å²) >= 11 is 4.69. The van der Waals surface area contributed by atoms with Gasteiger partial charge >= 0.3 is 0 Å². The lowest BCUT2D eigenvalue weighted by Gasteiger charge is -2.20. The van der Waals surface area contributed by atoms with Crippen LogP contribution in [0.4, 0.5) is 5.13 Å². The van der Waals surface area contributed by atoms with Crippen molar-refractivity contribution in [3.63, 3.8) is 0 Å². The van der Waals surface area contributed by atoms with Crippen LogP contribution < -0.4 is 10.0 Å². The van der Waals surface area contributed by atoms with Gasteiger partial charge in [0.25, 0.3) is 5.91 Å². The highest BCUT2D eigenvalue weighted by molar-refractivity contribution is 9.10. The molecule has 0 spiro atoms. The van der Waals surface area contributed by atoms with Gasteiger partial charge in [-0.1, -0.05) is 17.4 Å². The number of nitrogens with zero attached hydrogens (tertiary/aromatic N) is 1. The van der Waals surface area contributed by atoms with Crippen LogP contribution in [0.15, 0.2) is 45.8 Å². The number of rotatable bonds is 4. The molecule has 2 aromatic carbocycles. The monoisotopic (exact) mass is 481 g/mol. The number of hydrogen-bond acceptors (Lipinski definition) is 5. The molecule has 0 aliphatic carbocycles. The standard InChI is InChI=1S/C19H20BrN3O3S2/c1-11-5-8-15-16(9-11)27-18(21-15)22-17(24)13-10-12(6-7-14(13)20)28(25,26)23-19(2,3)4/h5-10,23H,1-4H3,(H,21,22,24). The van der Waals surface area contributed by atoms with Gasteiger partial charge in [0, 0.05) is 10.0 Å². The summed E-state index contributed by atoms with van der Waals surface area (Å²) in [6.07, 6.45) is 0. The molecule has 0 bridgehead atoms. The Labute approximate surface area is 176 Å². The van der Waals surface area contributed by atoms with E-state index in [1.54, 1.807) is 26.8 Å². The number of anilines is 1. The minimum absolute atomic E-state index is 0.0238. The second kappa shape index (κ2) is 7.55. The number of benzene rings is 2. The van der Waals surface area contributed by atoms with Crippen LogP contribution in [0, 0.1) is 6.92 Å². The minimum atomic E-state index is -3.75. The molecule has 0 radical (unpaired) electrons. The lowest BCUT2D eigenvalue weighted by molar-refractivity contribution is 0.102. The first kappa shape index (κ1) is 20.9. The van der Waals surface area contributed by atoms with Crippen molar-refractivity contribution in [2.45, 2.75) is 38.1 Å².